The summed E-state index contributed by atoms with van der Waals surface area (Å²) < 4.78 is 19.3. The minimum Gasteiger partial charge on any atom is -0.482 e. The quantitative estimate of drug-likeness (QED) is 0.580. The molecule has 3 amide bonds. The van der Waals surface area contributed by atoms with Crippen LogP contribution in [0, 0.1) is 5.82 Å². The lowest BCUT2D eigenvalue weighted by molar-refractivity contribution is -0.122. The summed E-state index contributed by atoms with van der Waals surface area (Å²) >= 11 is 3.40. The Morgan fingerprint density at radius 3 is 2.75 bits per heavy atom. The molecule has 3 N–H and O–H groups in total. The molecule has 2 aliphatic heterocycles. The van der Waals surface area contributed by atoms with E-state index in [0.717, 1.165) is 0 Å². The zero-order chi connectivity index (χ0) is 22.8. The van der Waals surface area contributed by atoms with Gasteiger partial charge in [-0.05, 0) is 45.8 Å². The van der Waals surface area contributed by atoms with E-state index in [9.17, 15) is 23.9 Å². The molecule has 32 heavy (non-hydrogen) atoms. The lowest BCUT2D eigenvalue weighted by Gasteiger charge is -2.30. The Balaban J connectivity index is 1.63. The number of aliphatic hydroxyl groups excluding tert-OH is 1. The second-order valence-electron chi connectivity index (χ2n) is 7.29. The summed E-state index contributed by atoms with van der Waals surface area (Å²) in [5, 5.41) is 14.7. The van der Waals surface area contributed by atoms with Gasteiger partial charge in [0.15, 0.2) is 6.61 Å². The topological polar surface area (TPSA) is 108 Å². The largest absolute Gasteiger partial charge is 0.482 e. The number of halogens is 2. The lowest BCUT2D eigenvalue weighted by Crippen LogP contribution is -2.40. The number of β-amino-alcohol motifs (C(OH)–C–C–N with tert-alkyl or cyclic N) is 1. The Labute approximate surface area is 191 Å². The number of nitrogens with one attached hydrogen (secondary N) is 2. The fourth-order valence-electron chi connectivity index (χ4n) is 3.69. The average Bonchev–Trinajstić information content (AvgIpc) is 2.77. The Kier molecular flexibility index (Phi) is 6.24. The highest BCUT2D eigenvalue weighted by molar-refractivity contribution is 9.10. The van der Waals surface area contributed by atoms with Crippen molar-refractivity contribution < 1.29 is 28.6 Å². The van der Waals surface area contributed by atoms with Gasteiger partial charge in [0.25, 0.3) is 11.8 Å². The number of amides is 3. The Bertz CT molecular complexity index is 1120. The van der Waals surface area contributed by atoms with E-state index in [1.54, 1.807) is 24.3 Å². The van der Waals surface area contributed by atoms with Crippen LogP contribution in [0.2, 0.25) is 0 Å². The zero-order valence-electron chi connectivity index (χ0n) is 16.7. The smallest absolute Gasteiger partial charge is 0.265 e. The van der Waals surface area contributed by atoms with Crippen LogP contribution in [-0.4, -0.2) is 42.6 Å². The number of nitrogens with zero attached hydrogens (tertiary/aromatic N) is 1. The first-order chi connectivity index (χ1) is 15.4. The Hall–Kier alpha value is -3.24. The molecule has 0 aromatic heterocycles. The van der Waals surface area contributed by atoms with Crippen molar-refractivity contribution in [2.24, 2.45) is 0 Å². The molecule has 10 heteroatoms. The molecule has 2 aromatic rings. The highest BCUT2D eigenvalue weighted by Gasteiger charge is 2.30. The molecule has 0 spiro atoms. The number of rotatable bonds is 5. The van der Waals surface area contributed by atoms with Crippen LogP contribution >= 0.6 is 15.9 Å². The fourth-order valence-corrected chi connectivity index (χ4v) is 4.11. The number of fused-ring (bicyclic) bond motifs is 1. The number of hydrogen-bond donors (Lipinski definition) is 3. The average molecular weight is 504 g/mol. The number of aliphatic hydroxyl groups is 1. The molecular weight excluding hydrogens is 485 g/mol. The van der Waals surface area contributed by atoms with Gasteiger partial charge in [0.1, 0.15) is 11.6 Å². The van der Waals surface area contributed by atoms with E-state index in [0.29, 0.717) is 32.7 Å². The van der Waals surface area contributed by atoms with Crippen molar-refractivity contribution >= 4 is 45.0 Å². The first-order valence-electron chi connectivity index (χ1n) is 9.81. The minimum atomic E-state index is -0.545. The summed E-state index contributed by atoms with van der Waals surface area (Å²) in [5.74, 6) is -1.53. The first kappa shape index (κ1) is 22.0. The number of benzene rings is 2. The molecule has 0 aliphatic carbocycles. The summed E-state index contributed by atoms with van der Waals surface area (Å²) in [6.45, 7) is -0.278. The third-order valence-corrected chi connectivity index (χ3v) is 5.91. The molecule has 0 saturated carbocycles. The molecule has 1 unspecified atom stereocenters. The summed E-state index contributed by atoms with van der Waals surface area (Å²) in [7, 11) is 0. The Morgan fingerprint density at radius 2 is 2.03 bits per heavy atom. The van der Waals surface area contributed by atoms with Crippen molar-refractivity contribution in [3.63, 3.8) is 0 Å². The van der Waals surface area contributed by atoms with Gasteiger partial charge in [-0.3, -0.25) is 14.4 Å². The van der Waals surface area contributed by atoms with Crippen molar-refractivity contribution in [2.75, 3.05) is 30.0 Å². The molecule has 0 radical (unpaired) electrons. The van der Waals surface area contributed by atoms with Gasteiger partial charge < -0.3 is 25.4 Å². The molecule has 1 atom stereocenters. The number of ether oxygens (including phenoxy) is 1. The van der Waals surface area contributed by atoms with Gasteiger partial charge in [0.05, 0.1) is 18.0 Å². The highest BCUT2D eigenvalue weighted by atomic mass is 79.9. The van der Waals surface area contributed by atoms with Crippen molar-refractivity contribution in [1.29, 1.82) is 0 Å². The predicted molar refractivity (Wildman–Crippen MR) is 118 cm³/mol. The van der Waals surface area contributed by atoms with Crippen LogP contribution in [0.1, 0.15) is 17.9 Å². The number of carbonyl (C=O) groups is 3. The highest BCUT2D eigenvalue weighted by Crippen LogP contribution is 2.40. The summed E-state index contributed by atoms with van der Waals surface area (Å²) in [4.78, 5) is 38.7. The maximum absolute atomic E-state index is 13.3. The SMILES string of the molecule is O=C1CC(c2ccc(F)cc2)C(C(=O)Nc2cc3c(cc2Br)OCC(=O)N3CCO)=CN1. The predicted octanol–water partition coefficient (Wildman–Crippen LogP) is 2.43. The number of anilines is 2. The van der Waals surface area contributed by atoms with E-state index in [4.69, 9.17) is 4.74 Å². The normalized spacial score (nSPS) is 17.8. The van der Waals surface area contributed by atoms with Crippen LogP contribution in [0.3, 0.4) is 0 Å². The molecule has 2 heterocycles. The van der Waals surface area contributed by atoms with Crippen molar-refractivity contribution in [3.8, 4) is 5.75 Å². The van der Waals surface area contributed by atoms with E-state index in [-0.39, 0.29) is 38.0 Å². The molecule has 0 saturated heterocycles. The van der Waals surface area contributed by atoms with Crippen LogP contribution in [0.25, 0.3) is 0 Å². The van der Waals surface area contributed by atoms with Gasteiger partial charge in [-0.2, -0.15) is 0 Å². The van der Waals surface area contributed by atoms with E-state index in [1.807, 2.05) is 0 Å². The molecule has 0 bridgehead atoms. The summed E-state index contributed by atoms with van der Waals surface area (Å²) in [6.07, 6.45) is 1.40. The molecule has 2 aromatic carbocycles. The van der Waals surface area contributed by atoms with Crippen molar-refractivity contribution in [3.05, 3.63) is 64.0 Å². The second-order valence-corrected chi connectivity index (χ2v) is 8.14. The first-order valence-corrected chi connectivity index (χ1v) is 10.6. The summed E-state index contributed by atoms with van der Waals surface area (Å²) in [6, 6.07) is 8.87. The number of carbonyl (C=O) groups excluding carboxylic acids is 3. The van der Waals surface area contributed by atoms with E-state index in [2.05, 4.69) is 26.6 Å². The van der Waals surface area contributed by atoms with Crippen molar-refractivity contribution in [1.82, 2.24) is 5.32 Å². The van der Waals surface area contributed by atoms with Gasteiger partial charge in [-0.15, -0.1) is 0 Å². The van der Waals surface area contributed by atoms with Gasteiger partial charge in [-0.25, -0.2) is 4.39 Å². The molecule has 0 fully saturated rings. The molecule has 4 rings (SSSR count). The van der Waals surface area contributed by atoms with Crippen LogP contribution in [0.5, 0.6) is 5.75 Å². The maximum atomic E-state index is 13.3. The van der Waals surface area contributed by atoms with E-state index in [1.165, 1.54) is 23.2 Å². The zero-order valence-corrected chi connectivity index (χ0v) is 18.3. The molecule has 166 valence electrons. The van der Waals surface area contributed by atoms with Crippen LogP contribution < -0.4 is 20.3 Å². The molecule has 2 aliphatic rings. The van der Waals surface area contributed by atoms with Gasteiger partial charge in [0, 0.05) is 35.1 Å². The van der Waals surface area contributed by atoms with E-state index >= 15 is 0 Å². The number of hydrogen-bond acceptors (Lipinski definition) is 5. The standard InChI is InChI=1S/C22H19BrFN3O5/c23-16-8-19-18(27(5-6-28)21(30)11-32-19)9-17(16)26-22(31)15-10-25-20(29)7-14(15)12-1-3-13(24)4-2-12/h1-4,8-10,14,28H,5-7,11H2,(H,25,29)(H,26,31). The van der Waals surface area contributed by atoms with Gasteiger partial charge in [0.2, 0.25) is 5.91 Å². The molecular formula is C22H19BrFN3O5. The van der Waals surface area contributed by atoms with Crippen LogP contribution in [0.4, 0.5) is 15.8 Å². The fraction of sp³-hybridized carbons (Fsp3) is 0.227. The lowest BCUT2D eigenvalue weighted by atomic mass is 9.86. The van der Waals surface area contributed by atoms with E-state index < -0.39 is 17.6 Å². The third-order valence-electron chi connectivity index (χ3n) is 5.25. The van der Waals surface area contributed by atoms with Gasteiger partial charge >= 0.3 is 0 Å². The summed E-state index contributed by atoms with van der Waals surface area (Å²) in [5.41, 5.74) is 1.75. The minimum absolute atomic E-state index is 0.0445. The molecule has 8 nitrogen and oxygen atoms in total. The second kappa shape index (κ2) is 9.09. The van der Waals surface area contributed by atoms with Crippen molar-refractivity contribution in [2.45, 2.75) is 12.3 Å². The monoisotopic (exact) mass is 503 g/mol. The van der Waals surface area contributed by atoms with Crippen LogP contribution in [0.15, 0.2) is 52.6 Å². The van der Waals surface area contributed by atoms with Crippen LogP contribution in [-0.2, 0) is 14.4 Å². The maximum Gasteiger partial charge on any atom is 0.265 e. The Morgan fingerprint density at radius 1 is 1.28 bits per heavy atom. The third kappa shape index (κ3) is 4.37. The van der Waals surface area contributed by atoms with Gasteiger partial charge in [-0.1, -0.05) is 12.1 Å².